The van der Waals surface area contributed by atoms with Crippen molar-refractivity contribution in [2.45, 2.75) is 11.8 Å². The van der Waals surface area contributed by atoms with E-state index in [4.69, 9.17) is 9.15 Å². The maximum Gasteiger partial charge on any atom is 0.253 e. The number of furan rings is 1. The molecule has 0 aliphatic carbocycles. The Balaban J connectivity index is 1.93. The van der Waals surface area contributed by atoms with Gasteiger partial charge in [-0.25, -0.2) is 8.42 Å². The molecule has 0 spiro atoms. The van der Waals surface area contributed by atoms with E-state index in [1.807, 2.05) is 52.9 Å². The number of hydrogen-bond acceptors (Lipinski definition) is 7. The van der Waals surface area contributed by atoms with Crippen molar-refractivity contribution in [2.75, 3.05) is 6.26 Å². The van der Waals surface area contributed by atoms with Crippen LogP contribution in [0.25, 0.3) is 22.2 Å². The molecule has 0 aliphatic heterocycles. The minimum Gasteiger partial charge on any atom is -0.472 e. The average Bonchev–Trinajstić information content (AvgIpc) is 3.11. The predicted molar refractivity (Wildman–Crippen MR) is 103 cm³/mol. The molecule has 0 fully saturated rings. The van der Waals surface area contributed by atoms with E-state index in [2.05, 4.69) is 15.1 Å². The predicted octanol–water partition coefficient (Wildman–Crippen LogP) is 2.70. The Morgan fingerprint density at radius 2 is 1.96 bits per heavy atom. The summed E-state index contributed by atoms with van der Waals surface area (Å²) in [5.41, 5.74) is 2.27. The summed E-state index contributed by atoms with van der Waals surface area (Å²) in [6, 6.07) is 9.53. The highest BCUT2D eigenvalue weighted by molar-refractivity contribution is 14.1. The summed E-state index contributed by atoms with van der Waals surface area (Å²) in [5.74, 6) is 0.150. The molecular weight excluding hydrogens is 471 g/mol. The smallest absolute Gasteiger partial charge is 0.253 e. The van der Waals surface area contributed by atoms with Crippen LogP contribution in [-0.4, -0.2) is 34.4 Å². The minimum atomic E-state index is -3.63. The molecule has 1 aromatic carbocycles. The molecule has 0 bridgehead atoms. The van der Waals surface area contributed by atoms with Gasteiger partial charge in [0.25, 0.3) is 5.16 Å². The summed E-state index contributed by atoms with van der Waals surface area (Å²) < 4.78 is 37.8. The third-order valence-corrected chi connectivity index (χ3v) is 5.32. The van der Waals surface area contributed by atoms with Gasteiger partial charge in [0, 0.05) is 13.3 Å². The normalized spacial score (nSPS) is 12.1. The SMILES string of the molecule is Cn1nc(I)c2oc3nc(S(C)(=O)=O)nc(OCc4ccccc4)c3c21. The molecule has 0 N–H and O–H groups in total. The fraction of sp³-hybridized carbons (Fsp3) is 0.188. The maximum absolute atomic E-state index is 11.9. The fourth-order valence-corrected chi connectivity index (χ4v) is 3.80. The van der Waals surface area contributed by atoms with E-state index >= 15 is 0 Å². The van der Waals surface area contributed by atoms with Crippen molar-refractivity contribution in [3.05, 3.63) is 39.6 Å². The van der Waals surface area contributed by atoms with Gasteiger partial charge in [-0.3, -0.25) is 4.68 Å². The van der Waals surface area contributed by atoms with E-state index in [-0.39, 0.29) is 23.4 Å². The average molecular weight is 484 g/mol. The fourth-order valence-electron chi connectivity index (χ4n) is 2.61. The Hall–Kier alpha value is -2.21. The number of fused-ring (bicyclic) bond motifs is 3. The summed E-state index contributed by atoms with van der Waals surface area (Å²) in [7, 11) is -1.86. The van der Waals surface area contributed by atoms with E-state index in [1.165, 1.54) is 0 Å². The van der Waals surface area contributed by atoms with Crippen molar-refractivity contribution in [1.82, 2.24) is 19.7 Å². The van der Waals surface area contributed by atoms with Gasteiger partial charge in [0.2, 0.25) is 21.4 Å². The standard InChI is InChI=1S/C16H13IN4O4S/c1-21-11-10-14(24-8-9-6-4-3-5-7-9)18-16(26(2,22)23)19-15(10)25-12(11)13(17)20-21/h3-7H,8H2,1-2H3. The summed E-state index contributed by atoms with van der Waals surface area (Å²) in [6.45, 7) is 0.234. The third-order valence-electron chi connectivity index (χ3n) is 3.77. The highest BCUT2D eigenvalue weighted by atomic mass is 127. The van der Waals surface area contributed by atoms with Gasteiger partial charge in [0.15, 0.2) is 9.28 Å². The number of sulfone groups is 1. The van der Waals surface area contributed by atoms with Gasteiger partial charge in [-0.15, -0.1) is 0 Å². The molecule has 3 heterocycles. The van der Waals surface area contributed by atoms with Crippen LogP contribution in [0, 0.1) is 3.70 Å². The number of ether oxygens (including phenoxy) is 1. The summed E-state index contributed by atoms with van der Waals surface area (Å²) in [5, 5.41) is 4.47. The maximum atomic E-state index is 11.9. The second kappa shape index (κ2) is 6.20. The van der Waals surface area contributed by atoms with Crippen molar-refractivity contribution in [3.63, 3.8) is 0 Å². The first-order chi connectivity index (χ1) is 12.3. The molecule has 4 rings (SSSR count). The van der Waals surface area contributed by atoms with E-state index in [1.54, 1.807) is 11.7 Å². The first kappa shape index (κ1) is 17.2. The monoisotopic (exact) mass is 484 g/mol. The van der Waals surface area contributed by atoms with Gasteiger partial charge >= 0.3 is 0 Å². The van der Waals surface area contributed by atoms with Crippen LogP contribution in [0.1, 0.15) is 5.56 Å². The molecule has 0 atom stereocenters. The van der Waals surface area contributed by atoms with Gasteiger partial charge in [-0.2, -0.15) is 15.1 Å². The van der Waals surface area contributed by atoms with E-state index in [0.717, 1.165) is 11.8 Å². The number of aryl methyl sites for hydroxylation is 1. The van der Waals surface area contributed by atoms with E-state index in [0.29, 0.717) is 20.2 Å². The Labute approximate surface area is 162 Å². The lowest BCUT2D eigenvalue weighted by molar-refractivity contribution is 0.294. The van der Waals surface area contributed by atoms with Crippen LogP contribution in [0.3, 0.4) is 0 Å². The number of halogens is 1. The van der Waals surface area contributed by atoms with Crippen LogP contribution in [0.15, 0.2) is 39.9 Å². The van der Waals surface area contributed by atoms with Crippen molar-refractivity contribution < 1.29 is 17.6 Å². The van der Waals surface area contributed by atoms with E-state index in [9.17, 15) is 8.42 Å². The quantitative estimate of drug-likeness (QED) is 0.325. The van der Waals surface area contributed by atoms with Crippen molar-refractivity contribution in [1.29, 1.82) is 0 Å². The van der Waals surface area contributed by atoms with Crippen molar-refractivity contribution in [3.8, 4) is 5.88 Å². The number of rotatable bonds is 4. The van der Waals surface area contributed by atoms with Crippen molar-refractivity contribution in [2.24, 2.45) is 7.05 Å². The molecular formula is C16H13IN4O4S. The van der Waals surface area contributed by atoms with Gasteiger partial charge in [0.05, 0.1) is 0 Å². The molecule has 0 aliphatic rings. The Bertz CT molecular complexity index is 1230. The highest BCUT2D eigenvalue weighted by Crippen LogP contribution is 2.36. The van der Waals surface area contributed by atoms with Crippen LogP contribution in [-0.2, 0) is 23.5 Å². The number of aromatic nitrogens is 4. The molecule has 0 radical (unpaired) electrons. The Kier molecular flexibility index (Phi) is 4.10. The Morgan fingerprint density at radius 1 is 1.23 bits per heavy atom. The van der Waals surface area contributed by atoms with E-state index < -0.39 is 9.84 Å². The number of nitrogens with zero attached hydrogens (tertiary/aromatic N) is 4. The van der Waals surface area contributed by atoms with Gasteiger partial charge in [-0.1, -0.05) is 30.3 Å². The second-order valence-corrected chi connectivity index (χ2v) is 8.66. The lowest BCUT2D eigenvalue weighted by Crippen LogP contribution is -2.07. The third kappa shape index (κ3) is 2.92. The molecule has 0 saturated heterocycles. The zero-order valence-corrected chi connectivity index (χ0v) is 16.8. The molecule has 134 valence electrons. The van der Waals surface area contributed by atoms with Crippen LogP contribution < -0.4 is 4.74 Å². The van der Waals surface area contributed by atoms with Gasteiger partial charge in [0.1, 0.15) is 17.5 Å². The number of hydrogen-bond donors (Lipinski definition) is 0. The molecule has 0 amide bonds. The topological polar surface area (TPSA) is 100 Å². The van der Waals surface area contributed by atoms with Crippen LogP contribution in [0.2, 0.25) is 0 Å². The molecule has 4 aromatic rings. The molecule has 0 unspecified atom stereocenters. The van der Waals surface area contributed by atoms with Gasteiger partial charge < -0.3 is 9.15 Å². The van der Waals surface area contributed by atoms with Crippen LogP contribution in [0.4, 0.5) is 0 Å². The van der Waals surface area contributed by atoms with Crippen LogP contribution in [0.5, 0.6) is 5.88 Å². The molecule has 8 nitrogen and oxygen atoms in total. The molecule has 0 saturated carbocycles. The molecule has 10 heteroatoms. The largest absolute Gasteiger partial charge is 0.472 e. The lowest BCUT2D eigenvalue weighted by Gasteiger charge is -2.08. The minimum absolute atomic E-state index is 0.150. The second-order valence-electron chi connectivity index (χ2n) is 5.73. The zero-order chi connectivity index (χ0) is 18.5. The molecule has 26 heavy (non-hydrogen) atoms. The highest BCUT2D eigenvalue weighted by Gasteiger charge is 2.25. The van der Waals surface area contributed by atoms with Crippen LogP contribution >= 0.6 is 22.6 Å². The summed E-state index contributed by atoms with van der Waals surface area (Å²) in [6.07, 6.45) is 1.04. The first-order valence-corrected chi connectivity index (χ1v) is 10.5. The van der Waals surface area contributed by atoms with Gasteiger partial charge in [-0.05, 0) is 28.2 Å². The summed E-state index contributed by atoms with van der Waals surface area (Å²) in [4.78, 5) is 8.20. The Morgan fingerprint density at radius 3 is 2.65 bits per heavy atom. The summed E-state index contributed by atoms with van der Waals surface area (Å²) >= 11 is 2.05. The molecule has 3 aromatic heterocycles. The number of benzene rings is 1. The zero-order valence-electron chi connectivity index (χ0n) is 13.8. The first-order valence-electron chi connectivity index (χ1n) is 7.54. The lowest BCUT2D eigenvalue weighted by atomic mass is 10.2. The van der Waals surface area contributed by atoms with Crippen molar-refractivity contribution >= 4 is 54.6 Å².